The van der Waals surface area contributed by atoms with Crippen LogP contribution < -0.4 is 9.47 Å². The van der Waals surface area contributed by atoms with Crippen molar-refractivity contribution in [2.75, 3.05) is 0 Å². The van der Waals surface area contributed by atoms with Gasteiger partial charge in [-0.25, -0.2) is 0 Å². The van der Waals surface area contributed by atoms with Gasteiger partial charge in [0.25, 0.3) is 0 Å². The molecule has 0 bridgehead atoms. The van der Waals surface area contributed by atoms with E-state index < -0.39 is 0 Å². The van der Waals surface area contributed by atoms with Crippen LogP contribution in [0.15, 0.2) is 61.1 Å². The van der Waals surface area contributed by atoms with Crippen LogP contribution in [0.5, 0.6) is 11.5 Å². The summed E-state index contributed by atoms with van der Waals surface area (Å²) in [4.78, 5) is 0. The minimum Gasteiger partial charge on any atom is -0.464 e. The van der Waals surface area contributed by atoms with Crippen molar-refractivity contribution in [1.82, 2.24) is 0 Å². The first-order valence-corrected chi connectivity index (χ1v) is 5.86. The molecule has 2 aliphatic rings. The van der Waals surface area contributed by atoms with E-state index in [2.05, 4.69) is 0 Å². The Morgan fingerprint density at radius 3 is 1.50 bits per heavy atom. The van der Waals surface area contributed by atoms with E-state index in [1.54, 1.807) is 12.5 Å². The Morgan fingerprint density at radius 1 is 0.556 bits per heavy atom. The van der Waals surface area contributed by atoms with Crippen LogP contribution >= 0.6 is 0 Å². The molecule has 2 aromatic rings. The number of ether oxygens (including phenoxy) is 2. The van der Waals surface area contributed by atoms with E-state index in [0.717, 1.165) is 33.8 Å². The van der Waals surface area contributed by atoms with Crippen molar-refractivity contribution >= 4 is 11.1 Å². The molecule has 2 aromatic carbocycles. The van der Waals surface area contributed by atoms with Crippen LogP contribution in [0.3, 0.4) is 0 Å². The Bertz CT molecular complexity index is 634. The van der Waals surface area contributed by atoms with Gasteiger partial charge < -0.3 is 9.47 Å². The standard InChI is InChI=1S/C16H10O2/c1-3-7-15-11(5-1)13-9-18-16-8-4-2-6-12(16)14(13)10-17-15/h1-10H. The largest absolute Gasteiger partial charge is 0.464 e. The maximum atomic E-state index is 5.69. The fraction of sp³-hybridized carbons (Fsp3) is 0. The van der Waals surface area contributed by atoms with E-state index in [9.17, 15) is 0 Å². The zero-order valence-electron chi connectivity index (χ0n) is 9.59. The third-order valence-electron chi connectivity index (χ3n) is 3.25. The monoisotopic (exact) mass is 234 g/mol. The summed E-state index contributed by atoms with van der Waals surface area (Å²) in [7, 11) is 0. The lowest BCUT2D eigenvalue weighted by Gasteiger charge is -2.25. The average molecular weight is 234 g/mol. The predicted octanol–water partition coefficient (Wildman–Crippen LogP) is 3.85. The molecule has 86 valence electrons. The number of hydrogen-bond acceptors (Lipinski definition) is 2. The van der Waals surface area contributed by atoms with Gasteiger partial charge in [0.1, 0.15) is 11.5 Å². The molecule has 0 spiro atoms. The maximum Gasteiger partial charge on any atom is 0.134 e. The van der Waals surface area contributed by atoms with Crippen molar-refractivity contribution in [2.45, 2.75) is 0 Å². The second-order valence-electron chi connectivity index (χ2n) is 4.29. The van der Waals surface area contributed by atoms with Crippen molar-refractivity contribution in [2.24, 2.45) is 0 Å². The van der Waals surface area contributed by atoms with Gasteiger partial charge in [0.05, 0.1) is 12.5 Å². The lowest BCUT2D eigenvalue weighted by atomic mass is 9.90. The van der Waals surface area contributed by atoms with Gasteiger partial charge in [0.15, 0.2) is 0 Å². The zero-order valence-corrected chi connectivity index (χ0v) is 9.59. The number of allylic oxidation sites excluding steroid dienone is 2. The lowest BCUT2D eigenvalue weighted by molar-refractivity contribution is 0.461. The van der Waals surface area contributed by atoms with Crippen LogP contribution in [0.2, 0.25) is 0 Å². The zero-order chi connectivity index (χ0) is 11.9. The summed E-state index contributed by atoms with van der Waals surface area (Å²) in [6.07, 6.45) is 3.60. The molecule has 0 atom stereocenters. The molecule has 0 fully saturated rings. The van der Waals surface area contributed by atoms with Crippen LogP contribution in [0.25, 0.3) is 11.1 Å². The first-order chi connectivity index (χ1) is 8.93. The van der Waals surface area contributed by atoms with E-state index in [0.29, 0.717) is 0 Å². The predicted molar refractivity (Wildman–Crippen MR) is 70.1 cm³/mol. The van der Waals surface area contributed by atoms with E-state index in [4.69, 9.17) is 9.47 Å². The summed E-state index contributed by atoms with van der Waals surface area (Å²) in [5, 5.41) is 0. The van der Waals surface area contributed by atoms with E-state index in [1.165, 1.54) is 0 Å². The van der Waals surface area contributed by atoms with Gasteiger partial charge in [0.2, 0.25) is 0 Å². The molecule has 0 saturated carbocycles. The Morgan fingerprint density at radius 2 is 1.00 bits per heavy atom. The Kier molecular flexibility index (Phi) is 1.86. The van der Waals surface area contributed by atoms with Gasteiger partial charge in [-0.15, -0.1) is 0 Å². The number of rotatable bonds is 0. The van der Waals surface area contributed by atoms with Crippen molar-refractivity contribution in [1.29, 1.82) is 0 Å². The van der Waals surface area contributed by atoms with E-state index >= 15 is 0 Å². The molecular weight excluding hydrogens is 224 g/mol. The van der Waals surface area contributed by atoms with Crippen LogP contribution in [0.4, 0.5) is 0 Å². The van der Waals surface area contributed by atoms with Gasteiger partial charge in [-0.2, -0.15) is 0 Å². The summed E-state index contributed by atoms with van der Waals surface area (Å²) >= 11 is 0. The summed E-state index contributed by atoms with van der Waals surface area (Å²) in [5.74, 6) is 1.74. The Hall–Kier alpha value is -2.48. The number of benzene rings is 2. The number of fused-ring (bicyclic) bond motifs is 5. The van der Waals surface area contributed by atoms with E-state index in [1.807, 2.05) is 48.5 Å². The Labute approximate surface area is 105 Å². The third-order valence-corrected chi connectivity index (χ3v) is 3.25. The fourth-order valence-electron chi connectivity index (χ4n) is 2.37. The normalized spacial score (nSPS) is 15.1. The molecule has 2 aliphatic heterocycles. The van der Waals surface area contributed by atoms with Crippen molar-refractivity contribution in [3.05, 3.63) is 72.2 Å². The molecule has 0 amide bonds. The SMILES string of the molecule is C1=C2C(=COc3ccccc32)c2ccccc2O1. The first kappa shape index (κ1) is 9.54. The third kappa shape index (κ3) is 1.23. The molecular formula is C16H10O2. The molecule has 4 rings (SSSR count). The minimum atomic E-state index is 0.871. The molecule has 0 radical (unpaired) electrons. The summed E-state index contributed by atoms with van der Waals surface area (Å²) in [5.41, 5.74) is 4.31. The minimum absolute atomic E-state index is 0.871. The highest BCUT2D eigenvalue weighted by atomic mass is 16.5. The summed E-state index contributed by atoms with van der Waals surface area (Å²) in [6.45, 7) is 0. The van der Waals surface area contributed by atoms with Crippen LogP contribution in [0, 0.1) is 0 Å². The Balaban J connectivity index is 1.94. The molecule has 2 heteroatoms. The summed E-state index contributed by atoms with van der Waals surface area (Å²) in [6, 6.07) is 16.0. The second kappa shape index (κ2) is 3.50. The highest BCUT2D eigenvalue weighted by Crippen LogP contribution is 2.45. The van der Waals surface area contributed by atoms with Gasteiger partial charge >= 0.3 is 0 Å². The van der Waals surface area contributed by atoms with Crippen molar-refractivity contribution in [3.8, 4) is 11.5 Å². The molecule has 0 aliphatic carbocycles. The topological polar surface area (TPSA) is 18.5 Å². The van der Waals surface area contributed by atoms with Gasteiger partial charge in [-0.05, 0) is 12.1 Å². The van der Waals surface area contributed by atoms with Crippen molar-refractivity contribution < 1.29 is 9.47 Å². The van der Waals surface area contributed by atoms with Crippen molar-refractivity contribution in [3.63, 3.8) is 0 Å². The van der Waals surface area contributed by atoms with Crippen LogP contribution in [-0.4, -0.2) is 0 Å². The average Bonchev–Trinajstić information content (AvgIpc) is 2.46. The first-order valence-electron chi connectivity index (χ1n) is 5.86. The van der Waals surface area contributed by atoms with Gasteiger partial charge in [-0.3, -0.25) is 0 Å². The maximum absolute atomic E-state index is 5.69. The number of para-hydroxylation sites is 2. The van der Waals surface area contributed by atoms with E-state index in [-0.39, 0.29) is 0 Å². The van der Waals surface area contributed by atoms with Gasteiger partial charge in [-0.1, -0.05) is 36.4 Å². The quantitative estimate of drug-likeness (QED) is 0.689. The van der Waals surface area contributed by atoms with Crippen LogP contribution in [0.1, 0.15) is 11.1 Å². The molecule has 2 nitrogen and oxygen atoms in total. The fourth-order valence-corrected chi connectivity index (χ4v) is 2.37. The molecule has 0 saturated heterocycles. The second-order valence-corrected chi connectivity index (χ2v) is 4.29. The smallest absolute Gasteiger partial charge is 0.134 e. The molecule has 0 unspecified atom stereocenters. The molecule has 2 heterocycles. The lowest BCUT2D eigenvalue weighted by Crippen LogP contribution is -2.07. The molecule has 0 N–H and O–H groups in total. The van der Waals surface area contributed by atoms with Crippen LogP contribution in [-0.2, 0) is 0 Å². The van der Waals surface area contributed by atoms with Gasteiger partial charge in [0, 0.05) is 22.3 Å². The highest BCUT2D eigenvalue weighted by molar-refractivity contribution is 6.08. The molecule has 0 aromatic heterocycles. The highest BCUT2D eigenvalue weighted by Gasteiger charge is 2.25. The molecule has 18 heavy (non-hydrogen) atoms. The summed E-state index contributed by atoms with van der Waals surface area (Å²) < 4.78 is 11.4. The number of hydrogen-bond donors (Lipinski definition) is 0.